The molecule has 0 unspecified atom stereocenters. The number of hydrogen-bond acceptors (Lipinski definition) is 8. The third kappa shape index (κ3) is 1.53. The topological polar surface area (TPSA) is 105 Å². The van der Waals surface area contributed by atoms with Crippen LogP contribution in [-0.2, 0) is 38.1 Å². The van der Waals surface area contributed by atoms with E-state index < -0.39 is 41.1 Å². The monoisotopic (exact) mass is 336 g/mol. The van der Waals surface area contributed by atoms with E-state index in [2.05, 4.69) is 0 Å². The Labute approximate surface area is 137 Å². The maximum absolute atomic E-state index is 12.4. The van der Waals surface area contributed by atoms with Gasteiger partial charge in [0.15, 0.2) is 0 Å². The number of carbonyl (C=O) groups excluding carboxylic acids is 4. The largest absolute Gasteiger partial charge is 0.468 e. The zero-order valence-electron chi connectivity index (χ0n) is 13.6. The first-order valence-electron chi connectivity index (χ1n) is 7.21. The van der Waals surface area contributed by atoms with Crippen LogP contribution in [0.5, 0.6) is 0 Å². The van der Waals surface area contributed by atoms with Crippen molar-refractivity contribution < 1.29 is 38.1 Å². The first kappa shape index (κ1) is 16.2. The highest BCUT2D eigenvalue weighted by molar-refractivity contribution is 6.11. The second kappa shape index (κ2) is 5.19. The summed E-state index contributed by atoms with van der Waals surface area (Å²) in [6.45, 7) is 0. The van der Waals surface area contributed by atoms with Gasteiger partial charge in [0.1, 0.15) is 5.41 Å². The van der Waals surface area contributed by atoms with Crippen LogP contribution in [0.15, 0.2) is 22.8 Å². The van der Waals surface area contributed by atoms with Crippen molar-refractivity contribution in [1.29, 1.82) is 0 Å². The van der Waals surface area contributed by atoms with Crippen LogP contribution in [-0.4, -0.2) is 52.3 Å². The van der Waals surface area contributed by atoms with Gasteiger partial charge in [-0.05, 0) is 0 Å². The number of allylic oxidation sites excluding steroid dienone is 1. The molecule has 1 saturated carbocycles. The Morgan fingerprint density at radius 1 is 0.833 bits per heavy atom. The molecule has 8 heteroatoms. The van der Waals surface area contributed by atoms with Gasteiger partial charge in [-0.1, -0.05) is 6.08 Å². The van der Waals surface area contributed by atoms with Gasteiger partial charge in [0.25, 0.3) is 0 Å². The van der Waals surface area contributed by atoms with Crippen molar-refractivity contribution >= 4 is 23.9 Å². The van der Waals surface area contributed by atoms with Crippen molar-refractivity contribution in [3.63, 3.8) is 0 Å². The molecule has 1 fully saturated rings. The van der Waals surface area contributed by atoms with Gasteiger partial charge in [-0.2, -0.15) is 0 Å². The lowest BCUT2D eigenvalue weighted by molar-refractivity contribution is -0.187. The molecule has 0 aromatic carbocycles. The van der Waals surface area contributed by atoms with Gasteiger partial charge >= 0.3 is 23.9 Å². The molecule has 0 spiro atoms. The first-order chi connectivity index (χ1) is 11.4. The van der Waals surface area contributed by atoms with Crippen LogP contribution in [0, 0.1) is 23.2 Å². The second-order valence-electron chi connectivity index (χ2n) is 5.77. The van der Waals surface area contributed by atoms with E-state index in [1.807, 2.05) is 0 Å². The van der Waals surface area contributed by atoms with Crippen molar-refractivity contribution in [3.05, 3.63) is 22.8 Å². The summed E-state index contributed by atoms with van der Waals surface area (Å²) in [5.41, 5.74) is -0.897. The molecule has 24 heavy (non-hydrogen) atoms. The van der Waals surface area contributed by atoms with Crippen LogP contribution in [0.1, 0.15) is 0 Å². The van der Waals surface area contributed by atoms with Crippen LogP contribution < -0.4 is 0 Å². The van der Waals surface area contributed by atoms with Crippen molar-refractivity contribution in [2.24, 2.45) is 23.2 Å². The fraction of sp³-hybridized carbons (Fsp3) is 0.500. The number of esters is 4. The summed E-state index contributed by atoms with van der Waals surface area (Å²) in [5.74, 6) is -4.11. The van der Waals surface area contributed by atoms with Crippen LogP contribution in [0.4, 0.5) is 0 Å². The summed E-state index contributed by atoms with van der Waals surface area (Å²) in [6.07, 6.45) is 1.58. The van der Waals surface area contributed by atoms with Gasteiger partial charge in [0, 0.05) is 17.8 Å². The molecule has 0 heterocycles. The lowest BCUT2D eigenvalue weighted by Gasteiger charge is -2.68. The highest BCUT2D eigenvalue weighted by atomic mass is 16.5. The Morgan fingerprint density at radius 2 is 1.38 bits per heavy atom. The van der Waals surface area contributed by atoms with Crippen molar-refractivity contribution in [2.45, 2.75) is 0 Å². The molecule has 0 N–H and O–H groups in total. The Hall–Kier alpha value is -2.64. The van der Waals surface area contributed by atoms with Gasteiger partial charge in [0.05, 0.1) is 45.2 Å². The van der Waals surface area contributed by atoms with Crippen molar-refractivity contribution in [3.8, 4) is 0 Å². The average Bonchev–Trinajstić information content (AvgIpc) is 2.58. The van der Waals surface area contributed by atoms with Crippen LogP contribution in [0.2, 0.25) is 0 Å². The Balaban J connectivity index is 2.09. The van der Waals surface area contributed by atoms with E-state index in [4.69, 9.17) is 18.9 Å². The smallest absolute Gasteiger partial charge is 0.334 e. The van der Waals surface area contributed by atoms with E-state index in [9.17, 15) is 19.2 Å². The number of carbonyl (C=O) groups is 4. The minimum absolute atomic E-state index is 0.0607. The normalized spacial score (nSPS) is 31.8. The number of fused-ring (bicyclic) bond motifs is 4. The highest BCUT2D eigenvalue weighted by Gasteiger charge is 2.81. The molecule has 128 valence electrons. The zero-order chi connectivity index (χ0) is 17.8. The summed E-state index contributed by atoms with van der Waals surface area (Å²) in [6, 6.07) is 0. The summed E-state index contributed by atoms with van der Waals surface area (Å²) < 4.78 is 19.0. The lowest BCUT2D eigenvalue weighted by atomic mass is 9.31. The summed E-state index contributed by atoms with van der Waals surface area (Å²) in [5, 5.41) is 0. The van der Waals surface area contributed by atoms with E-state index in [0.29, 0.717) is 0 Å². The number of ether oxygens (including phenoxy) is 4. The lowest BCUT2D eigenvalue weighted by Crippen LogP contribution is -2.73. The standard InChI is InChI=1S/C16H16O8/c1-21-12(17)7-5-6-8-9(13(18)22-2)10(14(19)23-3)11(8)16(6,7)15(20)24-4/h5-6,8,11H,1-4H3/t6-,8-,11-,16-/m0/s1. The van der Waals surface area contributed by atoms with Gasteiger partial charge in [-0.3, -0.25) is 4.79 Å². The predicted molar refractivity (Wildman–Crippen MR) is 76.1 cm³/mol. The maximum atomic E-state index is 12.4. The summed E-state index contributed by atoms with van der Waals surface area (Å²) in [4.78, 5) is 48.5. The Morgan fingerprint density at radius 3 is 1.88 bits per heavy atom. The van der Waals surface area contributed by atoms with Crippen molar-refractivity contribution in [1.82, 2.24) is 0 Å². The van der Waals surface area contributed by atoms with E-state index in [1.54, 1.807) is 6.08 Å². The van der Waals surface area contributed by atoms with Crippen LogP contribution in [0.25, 0.3) is 0 Å². The Bertz CT molecular complexity index is 730. The third-order valence-electron chi connectivity index (χ3n) is 5.23. The molecule has 0 amide bonds. The average molecular weight is 336 g/mol. The molecule has 0 radical (unpaired) electrons. The maximum Gasteiger partial charge on any atom is 0.334 e. The zero-order valence-corrected chi connectivity index (χ0v) is 13.6. The molecule has 3 rings (SSSR count). The Kier molecular flexibility index (Phi) is 3.51. The van der Waals surface area contributed by atoms with Crippen LogP contribution >= 0.6 is 0 Å². The molecule has 3 aliphatic rings. The third-order valence-corrected chi connectivity index (χ3v) is 5.23. The first-order valence-corrected chi connectivity index (χ1v) is 7.21. The molecule has 0 aromatic heterocycles. The van der Waals surface area contributed by atoms with Gasteiger partial charge in [-0.15, -0.1) is 0 Å². The molecular weight excluding hydrogens is 320 g/mol. The number of methoxy groups -OCH3 is 4. The SMILES string of the molecule is COC(=O)C1=C[C@H]2[C@H]3C(C(=O)OC)=C(C(=O)OC)[C@H]3[C@@]12C(=O)OC. The molecule has 0 bridgehead atoms. The predicted octanol–water partition coefficient (Wildman–Crippen LogP) is -0.223. The molecule has 0 aromatic rings. The fourth-order valence-electron chi connectivity index (χ4n) is 4.26. The molecule has 3 aliphatic carbocycles. The van der Waals surface area contributed by atoms with E-state index >= 15 is 0 Å². The quantitative estimate of drug-likeness (QED) is 0.512. The molecule has 0 aliphatic heterocycles. The molecule has 4 atom stereocenters. The second-order valence-corrected chi connectivity index (χ2v) is 5.77. The van der Waals surface area contributed by atoms with E-state index in [1.165, 1.54) is 28.4 Å². The number of hydrogen-bond donors (Lipinski definition) is 0. The minimum Gasteiger partial charge on any atom is -0.468 e. The fourth-order valence-corrected chi connectivity index (χ4v) is 4.26. The van der Waals surface area contributed by atoms with Gasteiger partial charge in [-0.25, -0.2) is 14.4 Å². The van der Waals surface area contributed by atoms with Crippen LogP contribution in [0.3, 0.4) is 0 Å². The van der Waals surface area contributed by atoms with Gasteiger partial charge < -0.3 is 18.9 Å². The van der Waals surface area contributed by atoms with E-state index in [0.717, 1.165) is 0 Å². The molecule has 8 nitrogen and oxygen atoms in total. The van der Waals surface area contributed by atoms with E-state index in [-0.39, 0.29) is 22.6 Å². The summed E-state index contributed by atoms with van der Waals surface area (Å²) in [7, 11) is 4.79. The van der Waals surface area contributed by atoms with Gasteiger partial charge in [0.2, 0.25) is 0 Å². The van der Waals surface area contributed by atoms with Crippen molar-refractivity contribution in [2.75, 3.05) is 28.4 Å². The highest BCUT2D eigenvalue weighted by Crippen LogP contribution is 2.76. The summed E-state index contributed by atoms with van der Waals surface area (Å²) >= 11 is 0. The number of rotatable bonds is 4. The minimum atomic E-state index is -1.30. The molecular formula is C16H16O8. The molecule has 0 saturated heterocycles.